The van der Waals surface area contributed by atoms with Gasteiger partial charge in [0.15, 0.2) is 0 Å². The SMILES string of the molecule is Cc1ccc([C@H]2SCC(=O)Nc3c2c(C)nn3-c2nc(C)cc(C)n2)c(C)c1. The number of carbonyl (C=O) groups excluding carboxylic acids is 1. The number of thioether (sulfide) groups is 1. The largest absolute Gasteiger partial charge is 0.309 e. The Morgan fingerprint density at radius 1 is 1.07 bits per heavy atom. The first kappa shape index (κ1) is 18.7. The van der Waals surface area contributed by atoms with Crippen molar-refractivity contribution >= 4 is 23.5 Å². The van der Waals surface area contributed by atoms with E-state index in [9.17, 15) is 4.79 Å². The third kappa shape index (κ3) is 3.30. The maximum absolute atomic E-state index is 12.5. The summed E-state index contributed by atoms with van der Waals surface area (Å²) in [7, 11) is 0. The Kier molecular flexibility index (Phi) is 4.71. The van der Waals surface area contributed by atoms with Crippen LogP contribution in [0.15, 0.2) is 24.3 Å². The van der Waals surface area contributed by atoms with Crippen molar-refractivity contribution in [2.75, 3.05) is 11.1 Å². The second-order valence-electron chi connectivity index (χ2n) is 7.31. The van der Waals surface area contributed by atoms with Crippen LogP contribution < -0.4 is 5.32 Å². The minimum atomic E-state index is -0.0379. The Hall–Kier alpha value is -2.67. The van der Waals surface area contributed by atoms with Gasteiger partial charge in [-0.05, 0) is 51.8 Å². The second kappa shape index (κ2) is 7.05. The van der Waals surface area contributed by atoms with E-state index in [0.29, 0.717) is 17.5 Å². The van der Waals surface area contributed by atoms with Crippen LogP contribution in [-0.4, -0.2) is 31.4 Å². The van der Waals surface area contributed by atoms with Crippen LogP contribution >= 0.6 is 11.8 Å². The number of carbonyl (C=O) groups is 1. The normalized spacial score (nSPS) is 16.5. The van der Waals surface area contributed by atoms with Crippen molar-refractivity contribution < 1.29 is 4.79 Å². The van der Waals surface area contributed by atoms with Gasteiger partial charge in [0.1, 0.15) is 5.82 Å². The molecule has 28 heavy (non-hydrogen) atoms. The highest BCUT2D eigenvalue weighted by atomic mass is 32.2. The number of amides is 1. The van der Waals surface area contributed by atoms with E-state index in [1.54, 1.807) is 16.4 Å². The molecule has 0 bridgehead atoms. The molecule has 1 N–H and O–H groups in total. The van der Waals surface area contributed by atoms with Gasteiger partial charge in [-0.15, -0.1) is 11.8 Å². The lowest BCUT2D eigenvalue weighted by atomic mass is 9.98. The van der Waals surface area contributed by atoms with Crippen LogP contribution in [0.5, 0.6) is 0 Å². The summed E-state index contributed by atoms with van der Waals surface area (Å²) < 4.78 is 1.67. The van der Waals surface area contributed by atoms with Crippen molar-refractivity contribution in [3.8, 4) is 5.95 Å². The molecule has 0 saturated heterocycles. The van der Waals surface area contributed by atoms with Crippen molar-refractivity contribution in [1.29, 1.82) is 0 Å². The van der Waals surface area contributed by atoms with E-state index in [-0.39, 0.29) is 11.2 Å². The molecule has 0 saturated carbocycles. The lowest BCUT2D eigenvalue weighted by molar-refractivity contribution is -0.113. The van der Waals surface area contributed by atoms with Crippen molar-refractivity contribution in [1.82, 2.24) is 19.7 Å². The van der Waals surface area contributed by atoms with Crippen LogP contribution in [0.3, 0.4) is 0 Å². The molecule has 7 heteroatoms. The van der Waals surface area contributed by atoms with E-state index in [1.165, 1.54) is 16.7 Å². The Labute approximate surface area is 168 Å². The number of aromatic nitrogens is 4. The molecule has 3 aromatic rings. The molecule has 1 atom stereocenters. The molecule has 0 spiro atoms. The first-order valence-electron chi connectivity index (χ1n) is 9.24. The molecule has 1 aromatic carbocycles. The van der Waals surface area contributed by atoms with Gasteiger partial charge in [0.25, 0.3) is 5.95 Å². The molecule has 0 fully saturated rings. The average molecular weight is 394 g/mol. The van der Waals surface area contributed by atoms with Gasteiger partial charge >= 0.3 is 0 Å². The molecule has 1 aliphatic heterocycles. The zero-order valence-corrected chi connectivity index (χ0v) is 17.5. The maximum atomic E-state index is 12.5. The summed E-state index contributed by atoms with van der Waals surface area (Å²) in [6.07, 6.45) is 0. The smallest absolute Gasteiger partial charge is 0.252 e. The number of aryl methyl sites for hydroxylation is 5. The summed E-state index contributed by atoms with van der Waals surface area (Å²) in [4.78, 5) is 21.6. The molecule has 144 valence electrons. The number of hydrogen-bond donors (Lipinski definition) is 1. The Bertz CT molecular complexity index is 1070. The molecule has 0 unspecified atom stereocenters. The number of fused-ring (bicyclic) bond motifs is 1. The molecule has 1 amide bonds. The van der Waals surface area contributed by atoms with Crippen molar-refractivity contribution in [2.45, 2.75) is 39.9 Å². The third-order valence-electron chi connectivity index (χ3n) is 4.88. The van der Waals surface area contributed by atoms with Crippen LogP contribution in [0.1, 0.15) is 44.6 Å². The summed E-state index contributed by atoms with van der Waals surface area (Å²) in [5.74, 6) is 1.50. The molecule has 6 nitrogen and oxygen atoms in total. The van der Waals surface area contributed by atoms with Gasteiger partial charge in [-0.3, -0.25) is 4.79 Å². The maximum Gasteiger partial charge on any atom is 0.252 e. The first-order chi connectivity index (χ1) is 13.3. The van der Waals surface area contributed by atoms with E-state index in [4.69, 9.17) is 5.10 Å². The van der Waals surface area contributed by atoms with E-state index in [2.05, 4.69) is 47.3 Å². The van der Waals surface area contributed by atoms with Crippen molar-refractivity contribution in [3.63, 3.8) is 0 Å². The summed E-state index contributed by atoms with van der Waals surface area (Å²) in [6, 6.07) is 8.38. The van der Waals surface area contributed by atoms with E-state index in [0.717, 1.165) is 22.6 Å². The monoisotopic (exact) mass is 393 g/mol. The predicted octanol–water partition coefficient (Wildman–Crippen LogP) is 3.98. The van der Waals surface area contributed by atoms with Gasteiger partial charge in [0.05, 0.1) is 16.7 Å². The standard InChI is InChI=1S/C21H23N5OS/c1-11-6-7-16(12(2)8-11)19-18-15(5)25-26(20(18)24-17(27)10-28-19)21-22-13(3)9-14(4)23-21/h6-9,19H,10H2,1-5H3,(H,24,27)/t19-/m1/s1. The third-order valence-corrected chi connectivity index (χ3v) is 6.13. The fourth-order valence-electron chi connectivity index (χ4n) is 3.70. The van der Waals surface area contributed by atoms with Crippen LogP contribution in [0.25, 0.3) is 5.95 Å². The lowest BCUT2D eigenvalue weighted by Crippen LogP contribution is -2.17. The van der Waals surface area contributed by atoms with E-state index >= 15 is 0 Å². The molecular formula is C21H23N5OS. The minimum absolute atomic E-state index is 0.0224. The van der Waals surface area contributed by atoms with E-state index in [1.807, 2.05) is 26.8 Å². The number of benzene rings is 1. The highest BCUT2D eigenvalue weighted by Crippen LogP contribution is 2.44. The van der Waals surface area contributed by atoms with Crippen molar-refractivity contribution in [3.05, 3.63) is 63.6 Å². The highest BCUT2D eigenvalue weighted by Gasteiger charge is 2.31. The summed E-state index contributed by atoms with van der Waals surface area (Å²) in [5, 5.41) is 7.77. The van der Waals surface area contributed by atoms with Crippen LogP contribution in [0, 0.1) is 34.6 Å². The average Bonchev–Trinajstić information content (AvgIpc) is 2.81. The Balaban J connectivity index is 1.92. The number of hydrogen-bond acceptors (Lipinski definition) is 5. The minimum Gasteiger partial charge on any atom is -0.309 e. The number of nitrogens with zero attached hydrogens (tertiary/aromatic N) is 4. The lowest BCUT2D eigenvalue weighted by Gasteiger charge is -2.18. The Morgan fingerprint density at radius 2 is 1.79 bits per heavy atom. The van der Waals surface area contributed by atoms with Crippen LogP contribution in [0.4, 0.5) is 5.82 Å². The zero-order valence-electron chi connectivity index (χ0n) is 16.7. The summed E-state index contributed by atoms with van der Waals surface area (Å²) in [6.45, 7) is 10.1. The number of nitrogens with one attached hydrogen (secondary N) is 1. The van der Waals surface area contributed by atoms with Gasteiger partial charge in [-0.25, -0.2) is 9.97 Å². The van der Waals surface area contributed by atoms with Gasteiger partial charge in [0, 0.05) is 17.0 Å². The van der Waals surface area contributed by atoms with E-state index < -0.39 is 0 Å². The highest BCUT2D eigenvalue weighted by molar-refractivity contribution is 8.00. The number of anilines is 1. The molecule has 1 aliphatic rings. The predicted molar refractivity (Wildman–Crippen MR) is 112 cm³/mol. The molecule has 0 radical (unpaired) electrons. The zero-order chi connectivity index (χ0) is 20.0. The molecule has 2 aromatic heterocycles. The van der Waals surface area contributed by atoms with Crippen LogP contribution in [0.2, 0.25) is 0 Å². The van der Waals surface area contributed by atoms with Gasteiger partial charge in [-0.2, -0.15) is 9.78 Å². The molecular weight excluding hydrogens is 370 g/mol. The van der Waals surface area contributed by atoms with Gasteiger partial charge in [0.2, 0.25) is 5.91 Å². The molecule has 3 heterocycles. The van der Waals surface area contributed by atoms with Gasteiger partial charge < -0.3 is 5.32 Å². The molecule has 4 rings (SSSR count). The Morgan fingerprint density at radius 3 is 2.46 bits per heavy atom. The fourth-order valence-corrected chi connectivity index (χ4v) is 4.98. The summed E-state index contributed by atoms with van der Waals surface area (Å²) >= 11 is 1.63. The topological polar surface area (TPSA) is 72.7 Å². The fraction of sp³-hybridized carbons (Fsp3) is 0.333. The van der Waals surface area contributed by atoms with Crippen LogP contribution in [-0.2, 0) is 4.79 Å². The first-order valence-corrected chi connectivity index (χ1v) is 10.3. The second-order valence-corrected chi connectivity index (χ2v) is 8.40. The quantitative estimate of drug-likeness (QED) is 0.713. The summed E-state index contributed by atoms with van der Waals surface area (Å²) in [5.41, 5.74) is 7.27. The van der Waals surface area contributed by atoms with Gasteiger partial charge in [-0.1, -0.05) is 23.8 Å². The number of rotatable bonds is 2. The van der Waals surface area contributed by atoms with Crippen molar-refractivity contribution in [2.24, 2.45) is 0 Å². The molecule has 0 aliphatic carbocycles.